The third kappa shape index (κ3) is 9.61. The highest BCUT2D eigenvalue weighted by molar-refractivity contribution is 9.10. The molecule has 3 aromatic carbocycles. The number of benzene rings is 3. The van der Waals surface area contributed by atoms with Crippen molar-refractivity contribution in [1.29, 1.82) is 5.26 Å². The van der Waals surface area contributed by atoms with Crippen molar-refractivity contribution in [2.45, 2.75) is 57.8 Å². The number of unbranched alkanes of at least 4 members (excludes halogenated alkanes) is 8. The Kier molecular flexibility index (Phi) is 11.5. The number of hydrogen-bond donors (Lipinski definition) is 0. The molecule has 0 radical (unpaired) electrons. The summed E-state index contributed by atoms with van der Waals surface area (Å²) in [5, 5.41) is 8.91. The minimum absolute atomic E-state index is 0.683. The number of nitrogens with zero attached hydrogens (tertiary/aromatic N) is 1. The van der Waals surface area contributed by atoms with E-state index in [0.717, 1.165) is 53.2 Å². The summed E-state index contributed by atoms with van der Waals surface area (Å²) in [6.07, 6.45) is 11.2. The summed E-state index contributed by atoms with van der Waals surface area (Å²) in [6.45, 7) is 1.58. The Morgan fingerprint density at radius 3 is 1.35 bits per heavy atom. The molecule has 0 aromatic heterocycles. The summed E-state index contributed by atoms with van der Waals surface area (Å²) >= 11 is 3.44. The van der Waals surface area contributed by atoms with Crippen LogP contribution in [0.25, 0.3) is 11.1 Å². The summed E-state index contributed by atoms with van der Waals surface area (Å²) in [5.41, 5.74) is 2.93. The first-order chi connectivity index (χ1) is 16.7. The molecule has 178 valence electrons. The van der Waals surface area contributed by atoms with Crippen LogP contribution in [0.2, 0.25) is 0 Å². The van der Waals surface area contributed by atoms with Gasteiger partial charge in [-0.25, -0.2) is 0 Å². The molecule has 34 heavy (non-hydrogen) atoms. The van der Waals surface area contributed by atoms with Crippen molar-refractivity contribution in [3.63, 3.8) is 0 Å². The van der Waals surface area contributed by atoms with Crippen LogP contribution < -0.4 is 9.47 Å². The molecule has 0 atom stereocenters. The van der Waals surface area contributed by atoms with Gasteiger partial charge in [-0.2, -0.15) is 5.26 Å². The van der Waals surface area contributed by atoms with Crippen molar-refractivity contribution in [2.75, 3.05) is 13.2 Å². The predicted octanol–water partition coefficient (Wildman–Crippen LogP) is 8.96. The SMILES string of the molecule is N#Cc1ccc(-c2ccc(OCCCCCCCCCCCOc3ccc(Br)cc3)cc2)cc1. The molecule has 0 bridgehead atoms. The van der Waals surface area contributed by atoms with Crippen LogP contribution in [0.4, 0.5) is 0 Å². The summed E-state index contributed by atoms with van der Waals surface area (Å²) in [4.78, 5) is 0. The van der Waals surface area contributed by atoms with Crippen LogP contribution in [0.15, 0.2) is 77.3 Å². The minimum atomic E-state index is 0.683. The van der Waals surface area contributed by atoms with Gasteiger partial charge in [0.05, 0.1) is 24.8 Å². The Balaban J connectivity index is 1.14. The van der Waals surface area contributed by atoms with Crippen LogP contribution in [0.5, 0.6) is 11.5 Å². The molecular weight excluding hydrogens is 486 g/mol. The molecule has 0 saturated carbocycles. The maximum Gasteiger partial charge on any atom is 0.119 e. The van der Waals surface area contributed by atoms with E-state index >= 15 is 0 Å². The number of rotatable bonds is 15. The average Bonchev–Trinajstić information content (AvgIpc) is 2.88. The van der Waals surface area contributed by atoms with Gasteiger partial charge in [0.15, 0.2) is 0 Å². The van der Waals surface area contributed by atoms with Crippen molar-refractivity contribution in [3.8, 4) is 28.7 Å². The first-order valence-corrected chi connectivity index (χ1v) is 13.2. The maximum absolute atomic E-state index is 8.91. The Morgan fingerprint density at radius 2 is 0.912 bits per heavy atom. The molecule has 3 nitrogen and oxygen atoms in total. The van der Waals surface area contributed by atoms with E-state index in [1.54, 1.807) is 0 Å². The summed E-state index contributed by atoms with van der Waals surface area (Å²) in [5.74, 6) is 1.87. The summed E-state index contributed by atoms with van der Waals surface area (Å²) < 4.78 is 12.7. The Morgan fingerprint density at radius 1 is 0.529 bits per heavy atom. The number of hydrogen-bond acceptors (Lipinski definition) is 3. The molecule has 0 amide bonds. The van der Waals surface area contributed by atoms with Crippen LogP contribution in [-0.4, -0.2) is 13.2 Å². The fraction of sp³-hybridized carbons (Fsp3) is 0.367. The van der Waals surface area contributed by atoms with Gasteiger partial charge in [0.25, 0.3) is 0 Å². The van der Waals surface area contributed by atoms with E-state index in [-0.39, 0.29) is 0 Å². The predicted molar refractivity (Wildman–Crippen MR) is 143 cm³/mol. The van der Waals surface area contributed by atoms with Gasteiger partial charge in [0.1, 0.15) is 11.5 Å². The molecule has 0 aliphatic heterocycles. The first kappa shape index (κ1) is 25.8. The summed E-state index contributed by atoms with van der Waals surface area (Å²) in [7, 11) is 0. The zero-order valence-corrected chi connectivity index (χ0v) is 21.4. The van der Waals surface area contributed by atoms with E-state index in [0.29, 0.717) is 5.56 Å². The second-order valence-corrected chi connectivity index (χ2v) is 9.46. The van der Waals surface area contributed by atoms with Crippen molar-refractivity contribution in [2.24, 2.45) is 0 Å². The molecule has 0 aliphatic rings. The van der Waals surface area contributed by atoms with Crippen molar-refractivity contribution in [1.82, 2.24) is 0 Å². The fourth-order valence-electron chi connectivity index (χ4n) is 3.83. The van der Waals surface area contributed by atoms with E-state index < -0.39 is 0 Å². The lowest BCUT2D eigenvalue weighted by Gasteiger charge is -2.08. The zero-order valence-electron chi connectivity index (χ0n) is 19.8. The highest BCUT2D eigenvalue weighted by Crippen LogP contribution is 2.23. The van der Waals surface area contributed by atoms with Gasteiger partial charge in [-0.1, -0.05) is 85.1 Å². The molecule has 4 heteroatoms. The molecule has 0 unspecified atom stereocenters. The topological polar surface area (TPSA) is 42.2 Å². The minimum Gasteiger partial charge on any atom is -0.494 e. The number of ether oxygens (including phenoxy) is 2. The van der Waals surface area contributed by atoms with Gasteiger partial charge in [-0.3, -0.25) is 0 Å². The van der Waals surface area contributed by atoms with Gasteiger partial charge in [-0.15, -0.1) is 0 Å². The maximum atomic E-state index is 8.91. The Hall–Kier alpha value is -2.77. The third-order valence-corrected chi connectivity index (χ3v) is 6.37. The van der Waals surface area contributed by atoms with E-state index in [2.05, 4.69) is 34.1 Å². The molecule has 0 spiro atoms. The molecule has 0 fully saturated rings. The lowest BCUT2D eigenvalue weighted by Crippen LogP contribution is -1.97. The van der Waals surface area contributed by atoms with Crippen molar-refractivity contribution >= 4 is 15.9 Å². The van der Waals surface area contributed by atoms with Gasteiger partial charge < -0.3 is 9.47 Å². The van der Waals surface area contributed by atoms with Gasteiger partial charge in [-0.05, 0) is 72.5 Å². The zero-order chi connectivity index (χ0) is 23.8. The van der Waals surface area contributed by atoms with E-state index in [9.17, 15) is 0 Å². The molecule has 3 rings (SSSR count). The lowest BCUT2D eigenvalue weighted by molar-refractivity contribution is 0.302. The summed E-state index contributed by atoms with van der Waals surface area (Å²) in [6, 6.07) is 26.0. The molecule has 0 saturated heterocycles. The van der Waals surface area contributed by atoms with Crippen LogP contribution in [0.3, 0.4) is 0 Å². The smallest absolute Gasteiger partial charge is 0.119 e. The number of nitriles is 1. The second kappa shape index (κ2) is 15.2. The first-order valence-electron chi connectivity index (χ1n) is 12.4. The molecule has 3 aromatic rings. The lowest BCUT2D eigenvalue weighted by atomic mass is 10.0. The van der Waals surface area contributed by atoms with Crippen LogP contribution in [0, 0.1) is 11.3 Å². The Labute approximate surface area is 212 Å². The van der Waals surface area contributed by atoms with E-state index in [4.69, 9.17) is 14.7 Å². The van der Waals surface area contributed by atoms with Gasteiger partial charge in [0.2, 0.25) is 0 Å². The standard InChI is InChI=1S/C30H34BrNO2/c31-28-16-20-30(21-17-28)34-23-9-7-5-3-1-2-4-6-8-22-33-29-18-14-27(15-19-29)26-12-10-25(24-32)11-13-26/h10-21H,1-9,22-23H2. The van der Waals surface area contributed by atoms with Crippen LogP contribution in [0.1, 0.15) is 63.4 Å². The highest BCUT2D eigenvalue weighted by atomic mass is 79.9. The van der Waals surface area contributed by atoms with E-state index in [1.165, 1.54) is 44.9 Å². The third-order valence-electron chi connectivity index (χ3n) is 5.84. The molecule has 0 aliphatic carbocycles. The number of halogens is 1. The largest absolute Gasteiger partial charge is 0.494 e. The highest BCUT2D eigenvalue weighted by Gasteiger charge is 2.00. The van der Waals surface area contributed by atoms with Gasteiger partial charge >= 0.3 is 0 Å². The van der Waals surface area contributed by atoms with E-state index in [1.807, 2.05) is 60.7 Å². The molecule has 0 heterocycles. The van der Waals surface area contributed by atoms with Gasteiger partial charge in [0, 0.05) is 4.47 Å². The van der Waals surface area contributed by atoms with Crippen molar-refractivity contribution in [3.05, 3.63) is 82.8 Å². The Bertz CT molecular complexity index is 992. The monoisotopic (exact) mass is 519 g/mol. The van der Waals surface area contributed by atoms with Crippen molar-refractivity contribution < 1.29 is 9.47 Å². The molecule has 0 N–H and O–H groups in total. The molecular formula is C30H34BrNO2. The average molecular weight is 521 g/mol. The van der Waals surface area contributed by atoms with Crippen LogP contribution in [-0.2, 0) is 0 Å². The fourth-order valence-corrected chi connectivity index (χ4v) is 4.10. The second-order valence-electron chi connectivity index (χ2n) is 8.55. The quantitative estimate of drug-likeness (QED) is 0.188. The van der Waals surface area contributed by atoms with Crippen LogP contribution >= 0.6 is 15.9 Å². The normalized spacial score (nSPS) is 10.6.